The summed E-state index contributed by atoms with van der Waals surface area (Å²) in [7, 11) is 0. The van der Waals surface area contributed by atoms with Crippen LogP contribution in [-0.4, -0.2) is 26.7 Å². The van der Waals surface area contributed by atoms with Crippen LogP contribution in [0.4, 0.5) is 5.69 Å². The Bertz CT molecular complexity index is 1240. The molecule has 0 spiro atoms. The molecule has 0 radical (unpaired) electrons. The molecule has 1 atom stereocenters. The molecule has 1 unspecified atom stereocenters. The van der Waals surface area contributed by atoms with E-state index in [0.717, 1.165) is 11.3 Å². The lowest BCUT2D eigenvalue weighted by Crippen LogP contribution is -2.13. The summed E-state index contributed by atoms with van der Waals surface area (Å²) in [4.78, 5) is 21.0. The number of carbonyl (C=O) groups excluding carboxylic acids is 1. The zero-order valence-corrected chi connectivity index (χ0v) is 18.7. The molecular formula is C23H17Cl2N3O2S. The highest BCUT2D eigenvalue weighted by Crippen LogP contribution is 2.31. The van der Waals surface area contributed by atoms with Crippen molar-refractivity contribution in [1.82, 2.24) is 9.97 Å². The highest BCUT2D eigenvalue weighted by atomic mass is 35.5. The second-order valence-corrected chi connectivity index (χ2v) is 8.95. The van der Waals surface area contributed by atoms with Crippen molar-refractivity contribution >= 4 is 46.0 Å². The number of nitrogens with zero attached hydrogens (tertiary/aromatic N) is 1. The fourth-order valence-corrected chi connectivity index (χ4v) is 4.15. The molecule has 1 heterocycles. The summed E-state index contributed by atoms with van der Waals surface area (Å²) in [6.07, 6.45) is 3.30. The van der Waals surface area contributed by atoms with Gasteiger partial charge in [-0.2, -0.15) is 0 Å². The van der Waals surface area contributed by atoms with Crippen LogP contribution in [0.15, 0.2) is 77.8 Å². The van der Waals surface area contributed by atoms with E-state index in [1.54, 1.807) is 42.8 Å². The Labute approximate surface area is 192 Å². The Morgan fingerprint density at radius 2 is 1.81 bits per heavy atom. The monoisotopic (exact) mass is 469 g/mol. The van der Waals surface area contributed by atoms with Crippen molar-refractivity contribution in [3.8, 4) is 22.6 Å². The molecule has 156 valence electrons. The Hall–Kier alpha value is -2.77. The summed E-state index contributed by atoms with van der Waals surface area (Å²) in [6.45, 7) is 0. The van der Waals surface area contributed by atoms with Crippen molar-refractivity contribution in [3.63, 3.8) is 0 Å². The number of imidazole rings is 1. The molecule has 0 aliphatic heterocycles. The maximum Gasteiger partial charge on any atom is 0.257 e. The van der Waals surface area contributed by atoms with Crippen molar-refractivity contribution in [2.24, 2.45) is 0 Å². The van der Waals surface area contributed by atoms with Crippen molar-refractivity contribution < 1.29 is 9.35 Å². The number of aromatic nitrogens is 2. The highest BCUT2D eigenvalue weighted by Gasteiger charge is 2.16. The predicted molar refractivity (Wildman–Crippen MR) is 126 cm³/mol. The third kappa shape index (κ3) is 4.78. The summed E-state index contributed by atoms with van der Waals surface area (Å²) in [5.41, 5.74) is 3.36. The Kier molecular flexibility index (Phi) is 6.34. The number of benzene rings is 3. The third-order valence-electron chi connectivity index (χ3n) is 4.66. The molecule has 3 aromatic carbocycles. The van der Waals surface area contributed by atoms with E-state index >= 15 is 0 Å². The van der Waals surface area contributed by atoms with Gasteiger partial charge in [-0.25, -0.2) is 4.98 Å². The first kappa shape index (κ1) is 21.5. The zero-order chi connectivity index (χ0) is 22.0. The van der Waals surface area contributed by atoms with Crippen molar-refractivity contribution in [3.05, 3.63) is 88.5 Å². The average Bonchev–Trinajstić information content (AvgIpc) is 3.25. The summed E-state index contributed by atoms with van der Waals surface area (Å²) in [5.74, 6) is 0.212. The van der Waals surface area contributed by atoms with Gasteiger partial charge in [0, 0.05) is 17.3 Å². The topological polar surface area (TPSA) is 80.8 Å². The minimum atomic E-state index is -1.18. The van der Waals surface area contributed by atoms with Gasteiger partial charge in [0.15, 0.2) is 4.90 Å². The van der Waals surface area contributed by atoms with Gasteiger partial charge in [-0.05, 0) is 47.1 Å². The van der Waals surface area contributed by atoms with Crippen molar-refractivity contribution in [2.75, 3.05) is 11.6 Å². The van der Waals surface area contributed by atoms with E-state index in [1.165, 1.54) is 6.07 Å². The van der Waals surface area contributed by atoms with E-state index in [0.29, 0.717) is 27.0 Å². The lowest BCUT2D eigenvalue weighted by molar-refractivity contribution is 0.102. The number of carbonyl (C=O) groups is 1. The number of nitrogens with one attached hydrogen (secondary N) is 2. The molecule has 0 fully saturated rings. The molecular weight excluding hydrogens is 453 g/mol. The number of rotatable bonds is 5. The number of halogens is 2. The molecule has 4 rings (SSSR count). The number of hydrogen-bond acceptors (Lipinski definition) is 3. The van der Waals surface area contributed by atoms with Gasteiger partial charge in [0.05, 0.1) is 27.5 Å². The second-order valence-electron chi connectivity index (χ2n) is 6.76. The lowest BCUT2D eigenvalue weighted by Gasteiger charge is -2.10. The van der Waals surface area contributed by atoms with E-state index in [2.05, 4.69) is 15.3 Å². The molecule has 8 heteroatoms. The molecule has 1 aromatic heterocycles. The highest BCUT2D eigenvalue weighted by molar-refractivity contribution is 7.90. The van der Waals surface area contributed by atoms with Crippen LogP contribution in [0.25, 0.3) is 22.6 Å². The first-order chi connectivity index (χ1) is 14.9. The molecule has 1 amide bonds. The number of aromatic amines is 1. The fourth-order valence-electron chi connectivity index (χ4n) is 3.06. The number of H-pyrrole nitrogens is 1. The van der Waals surface area contributed by atoms with E-state index in [1.807, 2.05) is 30.3 Å². The minimum Gasteiger partial charge on any atom is -0.612 e. The number of anilines is 1. The molecule has 4 aromatic rings. The standard InChI is InChI=1S/C23H17Cl2N3O2S/c1-31(30)16-8-9-17(20(25)12-16)23(29)27-15-7-10-19(24)18(11-15)22-26-13-21(28-22)14-5-3-2-4-6-14/h2-13H,1H3,(H,26,28)(H,27,29). The zero-order valence-electron chi connectivity index (χ0n) is 16.4. The maximum absolute atomic E-state index is 12.7. The average molecular weight is 470 g/mol. The van der Waals surface area contributed by atoms with Gasteiger partial charge < -0.3 is 14.9 Å². The summed E-state index contributed by atoms with van der Waals surface area (Å²) < 4.78 is 11.6. The van der Waals surface area contributed by atoms with Crippen molar-refractivity contribution in [1.29, 1.82) is 0 Å². The van der Waals surface area contributed by atoms with Gasteiger partial charge in [-0.15, -0.1) is 0 Å². The van der Waals surface area contributed by atoms with E-state index in [9.17, 15) is 9.35 Å². The van der Waals surface area contributed by atoms with Crippen LogP contribution < -0.4 is 5.32 Å². The van der Waals surface area contributed by atoms with Crippen LogP contribution in [0.3, 0.4) is 0 Å². The van der Waals surface area contributed by atoms with Gasteiger partial charge >= 0.3 is 0 Å². The maximum atomic E-state index is 12.7. The quantitative estimate of drug-likeness (QED) is 0.349. The smallest absolute Gasteiger partial charge is 0.257 e. The predicted octanol–water partition coefficient (Wildman–Crippen LogP) is 6.04. The van der Waals surface area contributed by atoms with Gasteiger partial charge in [-0.3, -0.25) is 4.79 Å². The van der Waals surface area contributed by atoms with Crippen molar-refractivity contribution in [2.45, 2.75) is 4.90 Å². The SMILES string of the molecule is C[S+]([O-])c1ccc(C(=O)Nc2ccc(Cl)c(-c3ncc(-c4ccccc4)[nH]3)c2)c(Cl)c1. The molecule has 31 heavy (non-hydrogen) atoms. The molecule has 0 saturated heterocycles. The van der Waals surface area contributed by atoms with Gasteiger partial charge in [0.1, 0.15) is 12.1 Å². The molecule has 0 aliphatic rings. The van der Waals surface area contributed by atoms with Crippen LogP contribution in [0.1, 0.15) is 10.4 Å². The minimum absolute atomic E-state index is 0.234. The second kappa shape index (κ2) is 9.16. The fraction of sp³-hybridized carbons (Fsp3) is 0.0435. The normalized spacial score (nSPS) is 11.9. The molecule has 0 aliphatic carbocycles. The first-order valence-corrected chi connectivity index (χ1v) is 11.6. The van der Waals surface area contributed by atoms with Crippen LogP contribution in [-0.2, 0) is 11.2 Å². The van der Waals surface area contributed by atoms with E-state index in [4.69, 9.17) is 23.2 Å². The Morgan fingerprint density at radius 1 is 1.03 bits per heavy atom. The number of amides is 1. The van der Waals surface area contributed by atoms with Crippen LogP contribution in [0, 0.1) is 0 Å². The lowest BCUT2D eigenvalue weighted by atomic mass is 10.1. The summed E-state index contributed by atoms with van der Waals surface area (Å²) in [5, 5.41) is 3.56. The van der Waals surface area contributed by atoms with E-state index < -0.39 is 11.2 Å². The van der Waals surface area contributed by atoms with Crippen LogP contribution in [0.5, 0.6) is 0 Å². The summed E-state index contributed by atoms with van der Waals surface area (Å²) >= 11 is 11.4. The Morgan fingerprint density at radius 3 is 2.52 bits per heavy atom. The molecule has 2 N–H and O–H groups in total. The van der Waals surface area contributed by atoms with Gasteiger partial charge in [0.25, 0.3) is 5.91 Å². The molecule has 0 bridgehead atoms. The third-order valence-corrected chi connectivity index (χ3v) is 6.22. The molecule has 5 nitrogen and oxygen atoms in total. The number of hydrogen-bond donors (Lipinski definition) is 2. The molecule has 0 saturated carbocycles. The van der Waals surface area contributed by atoms with Gasteiger partial charge in [-0.1, -0.05) is 53.5 Å². The Balaban J connectivity index is 1.59. The largest absolute Gasteiger partial charge is 0.612 e. The van der Waals surface area contributed by atoms with Crippen LogP contribution >= 0.6 is 23.2 Å². The first-order valence-electron chi connectivity index (χ1n) is 9.27. The van der Waals surface area contributed by atoms with Gasteiger partial charge in [0.2, 0.25) is 0 Å². The van der Waals surface area contributed by atoms with Crippen LogP contribution in [0.2, 0.25) is 10.0 Å². The van der Waals surface area contributed by atoms with E-state index in [-0.39, 0.29) is 16.5 Å². The summed E-state index contributed by atoms with van der Waals surface area (Å²) in [6, 6.07) is 19.7.